The zero-order chi connectivity index (χ0) is 18.7. The van der Waals surface area contributed by atoms with Crippen LogP contribution in [0, 0.1) is 0 Å². The molecule has 5 heteroatoms. The third-order valence-electron chi connectivity index (χ3n) is 5.98. The van der Waals surface area contributed by atoms with Crippen LogP contribution in [0.3, 0.4) is 0 Å². The van der Waals surface area contributed by atoms with Gasteiger partial charge in [0.1, 0.15) is 0 Å². The van der Waals surface area contributed by atoms with Gasteiger partial charge in [0.05, 0.1) is 0 Å². The first-order chi connectivity index (χ1) is 13.2. The lowest BCUT2D eigenvalue weighted by Crippen LogP contribution is -2.54. The minimum absolute atomic E-state index is 0.0413. The number of nitrogens with one attached hydrogen (secondary N) is 1. The lowest BCUT2D eigenvalue weighted by molar-refractivity contribution is 0.0472. The summed E-state index contributed by atoms with van der Waals surface area (Å²) in [5, 5.41) is 3.61. The largest absolute Gasteiger partial charge is 0.324 e. The van der Waals surface area contributed by atoms with Gasteiger partial charge in [-0.25, -0.2) is 4.79 Å². The van der Waals surface area contributed by atoms with Gasteiger partial charge in [0.2, 0.25) is 0 Å². The number of rotatable bonds is 3. The van der Waals surface area contributed by atoms with Crippen LogP contribution in [-0.4, -0.2) is 42.0 Å². The monoisotopic (exact) mass is 383 g/mol. The van der Waals surface area contributed by atoms with E-state index < -0.39 is 0 Å². The summed E-state index contributed by atoms with van der Waals surface area (Å²) in [5.41, 5.74) is 2.19. The zero-order valence-corrected chi connectivity index (χ0v) is 16.3. The molecule has 27 heavy (non-hydrogen) atoms. The van der Waals surface area contributed by atoms with Gasteiger partial charge in [-0.05, 0) is 62.5 Å². The highest BCUT2D eigenvalue weighted by Gasteiger charge is 2.42. The van der Waals surface area contributed by atoms with E-state index in [1.807, 2.05) is 23.1 Å². The molecule has 0 radical (unpaired) electrons. The molecule has 2 heterocycles. The smallest absolute Gasteiger partial charge is 0.321 e. The third-order valence-corrected chi connectivity index (χ3v) is 6.21. The second-order valence-corrected chi connectivity index (χ2v) is 7.96. The summed E-state index contributed by atoms with van der Waals surface area (Å²) in [4.78, 5) is 17.3. The zero-order valence-electron chi connectivity index (χ0n) is 15.5. The molecule has 0 atom stereocenters. The minimum Gasteiger partial charge on any atom is -0.324 e. The van der Waals surface area contributed by atoms with E-state index in [1.54, 1.807) is 6.07 Å². The molecule has 2 aliphatic heterocycles. The van der Waals surface area contributed by atoms with Crippen LogP contribution < -0.4 is 5.32 Å². The quantitative estimate of drug-likeness (QED) is 0.813. The van der Waals surface area contributed by atoms with E-state index in [9.17, 15) is 4.79 Å². The maximum atomic E-state index is 12.7. The summed E-state index contributed by atoms with van der Waals surface area (Å²) >= 11 is 6.02. The van der Waals surface area contributed by atoms with Crippen molar-refractivity contribution in [3.05, 3.63) is 65.2 Å². The molecule has 2 aromatic rings. The van der Waals surface area contributed by atoms with Crippen LogP contribution in [0.4, 0.5) is 10.5 Å². The van der Waals surface area contributed by atoms with Gasteiger partial charge in [0, 0.05) is 29.3 Å². The number of halogens is 1. The van der Waals surface area contributed by atoms with E-state index in [4.69, 9.17) is 11.6 Å². The molecule has 2 fully saturated rings. The normalized spacial score (nSPS) is 19.8. The van der Waals surface area contributed by atoms with Gasteiger partial charge in [0.25, 0.3) is 0 Å². The van der Waals surface area contributed by atoms with Crippen LogP contribution in [-0.2, 0) is 5.54 Å². The number of hydrogen-bond acceptors (Lipinski definition) is 2. The Labute approximate surface area is 166 Å². The van der Waals surface area contributed by atoms with Crippen molar-refractivity contribution in [1.82, 2.24) is 9.80 Å². The number of benzene rings is 2. The van der Waals surface area contributed by atoms with Crippen LogP contribution in [0.15, 0.2) is 54.6 Å². The van der Waals surface area contributed by atoms with Gasteiger partial charge >= 0.3 is 6.03 Å². The number of carbonyl (C=O) groups excluding carboxylic acids is 1. The SMILES string of the molecule is O=C(Nc1cccc(Cl)c1)N1CCC(c2ccccc2)(N2CCCC2)CC1. The molecule has 0 aromatic heterocycles. The second kappa shape index (κ2) is 7.91. The number of nitrogens with zero attached hydrogens (tertiary/aromatic N) is 2. The molecule has 0 aliphatic carbocycles. The average Bonchev–Trinajstić information content (AvgIpc) is 3.24. The predicted molar refractivity (Wildman–Crippen MR) is 110 cm³/mol. The van der Waals surface area contributed by atoms with Crippen molar-refractivity contribution in [2.75, 3.05) is 31.5 Å². The molecule has 2 aliphatic rings. The Morgan fingerprint density at radius 2 is 1.63 bits per heavy atom. The summed E-state index contributed by atoms with van der Waals surface area (Å²) in [6, 6.07) is 18.1. The molecule has 0 saturated carbocycles. The summed E-state index contributed by atoms with van der Waals surface area (Å²) in [7, 11) is 0. The highest BCUT2D eigenvalue weighted by molar-refractivity contribution is 6.30. The first-order valence-electron chi connectivity index (χ1n) is 9.79. The topological polar surface area (TPSA) is 35.6 Å². The van der Waals surface area contributed by atoms with Gasteiger partial charge in [0.15, 0.2) is 0 Å². The minimum atomic E-state index is -0.0413. The summed E-state index contributed by atoms with van der Waals surface area (Å²) in [5.74, 6) is 0. The number of hydrogen-bond donors (Lipinski definition) is 1. The standard InChI is InChI=1S/C22H26ClN3O/c23-19-9-6-10-20(17-19)24-21(27)25-15-11-22(12-16-25,26-13-4-5-14-26)18-7-2-1-3-8-18/h1-3,6-10,17H,4-5,11-16H2,(H,24,27). The maximum absolute atomic E-state index is 12.7. The van der Waals surface area contributed by atoms with Crippen molar-refractivity contribution < 1.29 is 4.79 Å². The predicted octanol–water partition coefficient (Wildman–Crippen LogP) is 4.96. The van der Waals surface area contributed by atoms with Crippen molar-refractivity contribution in [1.29, 1.82) is 0 Å². The maximum Gasteiger partial charge on any atom is 0.321 e. The molecule has 0 spiro atoms. The summed E-state index contributed by atoms with van der Waals surface area (Å²) in [6.07, 6.45) is 4.49. The highest BCUT2D eigenvalue weighted by Crippen LogP contribution is 2.40. The Morgan fingerprint density at radius 3 is 2.30 bits per heavy atom. The Hall–Kier alpha value is -2.04. The fourth-order valence-corrected chi connectivity index (χ4v) is 4.72. The Kier molecular flexibility index (Phi) is 5.37. The van der Waals surface area contributed by atoms with E-state index >= 15 is 0 Å². The number of likely N-dealkylation sites (tertiary alicyclic amines) is 2. The van der Waals surface area contributed by atoms with Crippen LogP contribution in [0.5, 0.6) is 0 Å². The third kappa shape index (κ3) is 3.83. The van der Waals surface area contributed by atoms with Crippen molar-refractivity contribution in [3.8, 4) is 0 Å². The fourth-order valence-electron chi connectivity index (χ4n) is 4.53. The number of carbonyl (C=O) groups is 1. The number of urea groups is 1. The molecule has 4 nitrogen and oxygen atoms in total. The fraction of sp³-hybridized carbons (Fsp3) is 0.409. The van der Waals surface area contributed by atoms with Crippen molar-refractivity contribution in [2.45, 2.75) is 31.2 Å². The van der Waals surface area contributed by atoms with Gasteiger partial charge in [-0.3, -0.25) is 4.90 Å². The average molecular weight is 384 g/mol. The van der Waals surface area contributed by atoms with Gasteiger partial charge in [-0.15, -0.1) is 0 Å². The number of piperidine rings is 1. The Balaban J connectivity index is 1.47. The molecular weight excluding hydrogens is 358 g/mol. The Bertz CT molecular complexity index is 781. The van der Waals surface area contributed by atoms with Gasteiger partial charge < -0.3 is 10.2 Å². The highest BCUT2D eigenvalue weighted by atomic mass is 35.5. The first kappa shape index (κ1) is 18.3. The van der Waals surface area contributed by atoms with E-state index in [2.05, 4.69) is 40.5 Å². The van der Waals surface area contributed by atoms with Crippen molar-refractivity contribution >= 4 is 23.3 Å². The van der Waals surface area contributed by atoms with Crippen molar-refractivity contribution in [3.63, 3.8) is 0 Å². The number of anilines is 1. The van der Waals surface area contributed by atoms with E-state index in [0.29, 0.717) is 5.02 Å². The van der Waals surface area contributed by atoms with E-state index in [0.717, 1.165) is 44.7 Å². The van der Waals surface area contributed by atoms with Gasteiger partial charge in [-0.2, -0.15) is 0 Å². The molecule has 142 valence electrons. The summed E-state index contributed by atoms with van der Waals surface area (Å²) < 4.78 is 0. The van der Waals surface area contributed by atoms with Gasteiger partial charge in [-0.1, -0.05) is 48.0 Å². The van der Waals surface area contributed by atoms with Crippen LogP contribution in [0.1, 0.15) is 31.2 Å². The summed E-state index contributed by atoms with van der Waals surface area (Å²) in [6.45, 7) is 3.84. The molecule has 2 aromatic carbocycles. The molecule has 0 bridgehead atoms. The molecule has 2 amide bonds. The lowest BCUT2D eigenvalue weighted by atomic mass is 9.79. The van der Waals surface area contributed by atoms with Crippen LogP contribution >= 0.6 is 11.6 Å². The van der Waals surface area contributed by atoms with E-state index in [-0.39, 0.29) is 11.6 Å². The molecule has 1 N–H and O–H groups in total. The Morgan fingerprint density at radius 1 is 0.926 bits per heavy atom. The van der Waals surface area contributed by atoms with Crippen LogP contribution in [0.25, 0.3) is 0 Å². The lowest BCUT2D eigenvalue weighted by Gasteiger charge is -2.48. The molecule has 2 saturated heterocycles. The number of amides is 2. The molecule has 0 unspecified atom stereocenters. The first-order valence-corrected chi connectivity index (χ1v) is 10.2. The van der Waals surface area contributed by atoms with Crippen LogP contribution in [0.2, 0.25) is 5.02 Å². The molecule has 4 rings (SSSR count). The van der Waals surface area contributed by atoms with E-state index in [1.165, 1.54) is 18.4 Å². The van der Waals surface area contributed by atoms with Crippen molar-refractivity contribution in [2.24, 2.45) is 0 Å². The second-order valence-electron chi connectivity index (χ2n) is 7.52. The molecular formula is C22H26ClN3O.